The molecule has 3 heteroatoms. The van der Waals surface area contributed by atoms with E-state index in [0.29, 0.717) is 6.54 Å². The standard InChI is InChI=1S/C7H16N2O/c1-5(2)7(10)6(8)4-9-3/h5-6,9H,4,8H2,1-3H3/t6-/m1/s1. The van der Waals surface area contributed by atoms with E-state index in [0.717, 1.165) is 0 Å². The molecule has 0 aromatic rings. The minimum atomic E-state index is -0.343. The topological polar surface area (TPSA) is 55.1 Å². The van der Waals surface area contributed by atoms with Crippen molar-refractivity contribution in [1.82, 2.24) is 5.32 Å². The van der Waals surface area contributed by atoms with Crippen molar-refractivity contribution < 1.29 is 4.79 Å². The molecule has 10 heavy (non-hydrogen) atoms. The number of ketones is 1. The molecule has 0 fully saturated rings. The summed E-state index contributed by atoms with van der Waals surface area (Å²) in [6.45, 7) is 4.28. The smallest absolute Gasteiger partial charge is 0.153 e. The number of nitrogens with one attached hydrogen (secondary N) is 1. The highest BCUT2D eigenvalue weighted by molar-refractivity contribution is 5.85. The first kappa shape index (κ1) is 9.59. The fourth-order valence-corrected chi connectivity index (χ4v) is 0.749. The molecule has 60 valence electrons. The highest BCUT2D eigenvalue weighted by atomic mass is 16.1. The van der Waals surface area contributed by atoms with Gasteiger partial charge < -0.3 is 11.1 Å². The fraction of sp³-hybridized carbons (Fsp3) is 0.857. The summed E-state index contributed by atoms with van der Waals surface area (Å²) < 4.78 is 0. The van der Waals surface area contributed by atoms with Gasteiger partial charge in [0.05, 0.1) is 6.04 Å². The minimum Gasteiger partial charge on any atom is -0.320 e. The van der Waals surface area contributed by atoms with Crippen molar-refractivity contribution in [3.05, 3.63) is 0 Å². The molecule has 3 nitrogen and oxygen atoms in total. The third-order valence-corrected chi connectivity index (χ3v) is 1.36. The van der Waals surface area contributed by atoms with Crippen LogP contribution in [0.15, 0.2) is 0 Å². The molecule has 0 aromatic carbocycles. The van der Waals surface area contributed by atoms with E-state index in [1.54, 1.807) is 7.05 Å². The van der Waals surface area contributed by atoms with Gasteiger partial charge in [0.2, 0.25) is 0 Å². The molecule has 0 spiro atoms. The summed E-state index contributed by atoms with van der Waals surface area (Å²) in [5, 5.41) is 2.86. The second-order valence-electron chi connectivity index (χ2n) is 2.72. The molecule has 0 amide bonds. The van der Waals surface area contributed by atoms with Gasteiger partial charge in [0.15, 0.2) is 5.78 Å². The van der Waals surface area contributed by atoms with Crippen LogP contribution in [0.1, 0.15) is 13.8 Å². The van der Waals surface area contributed by atoms with E-state index >= 15 is 0 Å². The lowest BCUT2D eigenvalue weighted by Gasteiger charge is -2.11. The highest BCUT2D eigenvalue weighted by Crippen LogP contribution is 1.96. The number of nitrogens with two attached hydrogens (primary N) is 1. The van der Waals surface area contributed by atoms with Crippen LogP contribution >= 0.6 is 0 Å². The molecule has 3 N–H and O–H groups in total. The molecule has 0 radical (unpaired) electrons. The van der Waals surface area contributed by atoms with Gasteiger partial charge in [-0.3, -0.25) is 4.79 Å². The normalized spacial score (nSPS) is 13.7. The minimum absolute atomic E-state index is 0.0448. The Labute approximate surface area is 62.0 Å². The van der Waals surface area contributed by atoms with E-state index in [1.165, 1.54) is 0 Å². The van der Waals surface area contributed by atoms with E-state index in [2.05, 4.69) is 5.32 Å². The summed E-state index contributed by atoms with van der Waals surface area (Å²) >= 11 is 0. The Morgan fingerprint density at radius 2 is 2.10 bits per heavy atom. The van der Waals surface area contributed by atoms with Crippen molar-refractivity contribution in [2.24, 2.45) is 11.7 Å². The highest BCUT2D eigenvalue weighted by Gasteiger charge is 2.15. The van der Waals surface area contributed by atoms with Crippen LogP contribution in [0.2, 0.25) is 0 Å². The van der Waals surface area contributed by atoms with Crippen LogP contribution in [0.4, 0.5) is 0 Å². The van der Waals surface area contributed by atoms with Crippen LogP contribution in [0.25, 0.3) is 0 Å². The average molecular weight is 144 g/mol. The van der Waals surface area contributed by atoms with Crippen LogP contribution in [-0.2, 0) is 4.79 Å². The quantitative estimate of drug-likeness (QED) is 0.572. The van der Waals surface area contributed by atoms with Crippen molar-refractivity contribution in [3.63, 3.8) is 0 Å². The first-order chi connectivity index (χ1) is 4.59. The van der Waals surface area contributed by atoms with E-state index in [4.69, 9.17) is 5.73 Å². The Morgan fingerprint density at radius 1 is 1.60 bits per heavy atom. The Morgan fingerprint density at radius 3 is 2.40 bits per heavy atom. The van der Waals surface area contributed by atoms with Crippen molar-refractivity contribution in [2.75, 3.05) is 13.6 Å². The molecular formula is C7H16N2O. The maximum atomic E-state index is 11.1. The van der Waals surface area contributed by atoms with Crippen molar-refractivity contribution in [2.45, 2.75) is 19.9 Å². The van der Waals surface area contributed by atoms with Gasteiger partial charge in [-0.1, -0.05) is 13.8 Å². The third kappa shape index (κ3) is 2.94. The van der Waals surface area contributed by atoms with Crippen LogP contribution < -0.4 is 11.1 Å². The molecule has 0 aliphatic heterocycles. The predicted octanol–water partition coefficient (Wildman–Crippen LogP) is -0.242. The van der Waals surface area contributed by atoms with Gasteiger partial charge in [0.1, 0.15) is 0 Å². The molecule has 0 saturated carbocycles. The van der Waals surface area contributed by atoms with Gasteiger partial charge >= 0.3 is 0 Å². The zero-order valence-electron chi connectivity index (χ0n) is 6.85. The number of Topliss-reactive ketones (excluding diaryl/α,β-unsaturated/α-hetero) is 1. The van der Waals surface area contributed by atoms with Crippen molar-refractivity contribution in [1.29, 1.82) is 0 Å². The van der Waals surface area contributed by atoms with Gasteiger partial charge in [0.25, 0.3) is 0 Å². The Hall–Kier alpha value is -0.410. The third-order valence-electron chi connectivity index (χ3n) is 1.36. The van der Waals surface area contributed by atoms with E-state index in [1.807, 2.05) is 13.8 Å². The van der Waals surface area contributed by atoms with Crippen LogP contribution in [0, 0.1) is 5.92 Å². The lowest BCUT2D eigenvalue weighted by Crippen LogP contribution is -2.41. The maximum absolute atomic E-state index is 11.1. The fourth-order valence-electron chi connectivity index (χ4n) is 0.749. The largest absolute Gasteiger partial charge is 0.320 e. The molecule has 0 bridgehead atoms. The molecule has 1 atom stereocenters. The SMILES string of the molecule is CNC[C@@H](N)C(=O)C(C)C. The molecule has 0 unspecified atom stereocenters. The first-order valence-electron chi connectivity index (χ1n) is 3.53. The summed E-state index contributed by atoms with van der Waals surface area (Å²) in [5.74, 6) is 0.165. The van der Waals surface area contributed by atoms with Gasteiger partial charge in [-0.05, 0) is 7.05 Å². The number of hydrogen-bond acceptors (Lipinski definition) is 3. The summed E-state index contributed by atoms with van der Waals surface area (Å²) in [6.07, 6.45) is 0. The zero-order chi connectivity index (χ0) is 8.15. The second-order valence-corrected chi connectivity index (χ2v) is 2.72. The van der Waals surface area contributed by atoms with E-state index in [-0.39, 0.29) is 17.7 Å². The van der Waals surface area contributed by atoms with E-state index in [9.17, 15) is 4.79 Å². The average Bonchev–Trinajstić information content (AvgIpc) is 1.87. The maximum Gasteiger partial charge on any atom is 0.153 e. The first-order valence-corrected chi connectivity index (χ1v) is 3.53. The number of likely N-dealkylation sites (N-methyl/N-ethyl adjacent to an activating group) is 1. The van der Waals surface area contributed by atoms with E-state index < -0.39 is 0 Å². The summed E-state index contributed by atoms with van der Waals surface area (Å²) in [6, 6.07) is -0.343. The van der Waals surface area contributed by atoms with Gasteiger partial charge in [-0.15, -0.1) is 0 Å². The van der Waals surface area contributed by atoms with Crippen molar-refractivity contribution in [3.8, 4) is 0 Å². The molecule has 0 heterocycles. The Balaban J connectivity index is 3.71. The number of carbonyl (C=O) groups is 1. The Bertz CT molecular complexity index is 112. The van der Waals surface area contributed by atoms with Crippen molar-refractivity contribution >= 4 is 5.78 Å². The monoisotopic (exact) mass is 144 g/mol. The molecule has 0 aliphatic rings. The second kappa shape index (κ2) is 4.41. The predicted molar refractivity (Wildman–Crippen MR) is 41.7 cm³/mol. The molecule has 0 saturated heterocycles. The summed E-state index contributed by atoms with van der Waals surface area (Å²) in [7, 11) is 1.79. The van der Waals surface area contributed by atoms with Crippen LogP contribution in [0.5, 0.6) is 0 Å². The summed E-state index contributed by atoms with van der Waals surface area (Å²) in [4.78, 5) is 11.1. The summed E-state index contributed by atoms with van der Waals surface area (Å²) in [5.41, 5.74) is 5.52. The Kier molecular flexibility index (Phi) is 4.23. The van der Waals surface area contributed by atoms with Crippen LogP contribution in [-0.4, -0.2) is 25.4 Å². The number of rotatable bonds is 4. The lowest BCUT2D eigenvalue weighted by atomic mass is 10.0. The molecule has 0 aromatic heterocycles. The molecule has 0 aliphatic carbocycles. The zero-order valence-corrected chi connectivity index (χ0v) is 6.85. The van der Waals surface area contributed by atoms with Crippen LogP contribution in [0.3, 0.4) is 0 Å². The van der Waals surface area contributed by atoms with Gasteiger partial charge in [0, 0.05) is 12.5 Å². The molecule has 0 rings (SSSR count). The lowest BCUT2D eigenvalue weighted by molar-refractivity contribution is -0.123. The van der Waals surface area contributed by atoms with Gasteiger partial charge in [-0.2, -0.15) is 0 Å². The number of carbonyl (C=O) groups excluding carboxylic acids is 1. The number of hydrogen-bond donors (Lipinski definition) is 2. The van der Waals surface area contributed by atoms with Gasteiger partial charge in [-0.25, -0.2) is 0 Å². The molecular weight excluding hydrogens is 128 g/mol.